The summed E-state index contributed by atoms with van der Waals surface area (Å²) < 4.78 is 17.1. The molecule has 0 spiro atoms. The Morgan fingerprint density at radius 1 is 0.938 bits per heavy atom. The molecule has 0 aliphatic rings. The normalized spacial score (nSPS) is 10.6. The van der Waals surface area contributed by atoms with E-state index in [1.165, 1.54) is 5.56 Å². The Morgan fingerprint density at radius 3 is 2.34 bits per heavy atom. The van der Waals surface area contributed by atoms with E-state index >= 15 is 0 Å². The molecule has 1 N–H and O–H groups in total. The standard InChI is InChI=1S/C26H29NO5/c1-4-6-18-7-9-19(10-8-18)32-17-24-21(26(28)29)12-13-23(27-24)22-16-20(30-3)11-14-25(22)31-15-5-2/h7-14,16H,4-6,15,17H2,1-3H3,(H,28,29). The number of rotatable bonds is 11. The van der Waals surface area contributed by atoms with Crippen LogP contribution in [0.25, 0.3) is 11.3 Å². The number of aromatic nitrogens is 1. The highest BCUT2D eigenvalue weighted by Gasteiger charge is 2.17. The number of carbonyl (C=O) groups is 1. The zero-order valence-corrected chi connectivity index (χ0v) is 18.8. The van der Waals surface area contributed by atoms with Gasteiger partial charge in [-0.2, -0.15) is 0 Å². The number of aryl methyl sites for hydroxylation is 1. The summed E-state index contributed by atoms with van der Waals surface area (Å²) in [6.45, 7) is 4.78. The maximum absolute atomic E-state index is 11.8. The van der Waals surface area contributed by atoms with Crippen LogP contribution in [0.4, 0.5) is 0 Å². The minimum atomic E-state index is -1.05. The highest BCUT2D eigenvalue weighted by molar-refractivity contribution is 5.89. The Balaban J connectivity index is 1.91. The lowest BCUT2D eigenvalue weighted by Gasteiger charge is -2.14. The van der Waals surface area contributed by atoms with E-state index in [2.05, 4.69) is 11.9 Å². The summed E-state index contributed by atoms with van der Waals surface area (Å²) >= 11 is 0. The molecular weight excluding hydrogens is 406 g/mol. The minimum absolute atomic E-state index is 0.0394. The van der Waals surface area contributed by atoms with Gasteiger partial charge in [-0.3, -0.25) is 0 Å². The second-order valence-electron chi connectivity index (χ2n) is 7.39. The quantitative estimate of drug-likeness (QED) is 0.412. The second kappa shape index (κ2) is 11.2. The molecule has 6 heteroatoms. The van der Waals surface area contributed by atoms with Crippen molar-refractivity contribution in [2.24, 2.45) is 0 Å². The van der Waals surface area contributed by atoms with Crippen LogP contribution in [-0.4, -0.2) is 29.8 Å². The third-order valence-corrected chi connectivity index (χ3v) is 4.97. The molecule has 3 rings (SSSR count). The fourth-order valence-electron chi connectivity index (χ4n) is 3.32. The molecule has 0 amide bonds. The second-order valence-corrected chi connectivity index (χ2v) is 7.39. The lowest BCUT2D eigenvalue weighted by Crippen LogP contribution is -2.09. The Morgan fingerprint density at radius 2 is 1.69 bits per heavy atom. The summed E-state index contributed by atoms with van der Waals surface area (Å²) in [4.78, 5) is 16.4. The Bertz CT molecular complexity index is 1050. The van der Waals surface area contributed by atoms with Crippen LogP contribution in [0.5, 0.6) is 17.2 Å². The molecule has 0 unspecified atom stereocenters. The molecule has 0 aliphatic heterocycles. The summed E-state index contributed by atoms with van der Waals surface area (Å²) in [5, 5.41) is 9.63. The first kappa shape index (κ1) is 23.1. The first-order valence-corrected chi connectivity index (χ1v) is 10.8. The van der Waals surface area contributed by atoms with Crippen molar-refractivity contribution in [2.75, 3.05) is 13.7 Å². The summed E-state index contributed by atoms with van der Waals surface area (Å²) in [6, 6.07) is 16.6. The number of pyridine rings is 1. The van der Waals surface area contributed by atoms with Crippen LogP contribution in [0.2, 0.25) is 0 Å². The van der Waals surface area contributed by atoms with E-state index in [-0.39, 0.29) is 12.2 Å². The number of methoxy groups -OCH3 is 1. The number of ether oxygens (including phenoxy) is 3. The highest BCUT2D eigenvalue weighted by Crippen LogP contribution is 2.33. The van der Waals surface area contributed by atoms with E-state index in [0.717, 1.165) is 24.8 Å². The van der Waals surface area contributed by atoms with Crippen LogP contribution in [0.15, 0.2) is 54.6 Å². The largest absolute Gasteiger partial charge is 0.497 e. The van der Waals surface area contributed by atoms with Gasteiger partial charge in [-0.05, 0) is 60.9 Å². The maximum atomic E-state index is 11.8. The van der Waals surface area contributed by atoms with Crippen molar-refractivity contribution in [1.82, 2.24) is 4.98 Å². The molecule has 1 aromatic heterocycles. The minimum Gasteiger partial charge on any atom is -0.497 e. The monoisotopic (exact) mass is 435 g/mol. The van der Waals surface area contributed by atoms with Crippen LogP contribution in [-0.2, 0) is 13.0 Å². The van der Waals surface area contributed by atoms with E-state index < -0.39 is 5.97 Å². The van der Waals surface area contributed by atoms with Gasteiger partial charge in [-0.1, -0.05) is 32.4 Å². The predicted molar refractivity (Wildman–Crippen MR) is 124 cm³/mol. The molecule has 0 radical (unpaired) electrons. The van der Waals surface area contributed by atoms with Crippen molar-refractivity contribution in [2.45, 2.75) is 39.7 Å². The molecule has 0 bridgehead atoms. The van der Waals surface area contributed by atoms with Gasteiger partial charge in [-0.25, -0.2) is 9.78 Å². The molecule has 0 atom stereocenters. The van der Waals surface area contributed by atoms with E-state index in [0.29, 0.717) is 35.2 Å². The predicted octanol–water partition coefficient (Wildman–Crippen LogP) is 5.78. The number of hydrogen-bond acceptors (Lipinski definition) is 5. The lowest BCUT2D eigenvalue weighted by molar-refractivity contribution is 0.0693. The fourth-order valence-corrected chi connectivity index (χ4v) is 3.32. The molecule has 0 saturated heterocycles. The van der Waals surface area contributed by atoms with Crippen LogP contribution in [0.3, 0.4) is 0 Å². The third kappa shape index (κ3) is 5.78. The van der Waals surface area contributed by atoms with Gasteiger partial charge in [0.1, 0.15) is 23.9 Å². The maximum Gasteiger partial charge on any atom is 0.337 e. The van der Waals surface area contributed by atoms with Crippen molar-refractivity contribution < 1.29 is 24.1 Å². The average Bonchev–Trinajstić information content (AvgIpc) is 2.82. The number of aromatic carboxylic acids is 1. The van der Waals surface area contributed by atoms with E-state index in [4.69, 9.17) is 14.2 Å². The molecule has 1 heterocycles. The zero-order chi connectivity index (χ0) is 22.9. The number of benzene rings is 2. The Kier molecular flexibility index (Phi) is 8.08. The van der Waals surface area contributed by atoms with Crippen molar-refractivity contribution >= 4 is 5.97 Å². The van der Waals surface area contributed by atoms with Crippen LogP contribution < -0.4 is 14.2 Å². The summed E-state index contributed by atoms with van der Waals surface area (Å²) in [5.41, 5.74) is 3.02. The van der Waals surface area contributed by atoms with Crippen LogP contribution in [0, 0.1) is 0 Å². The number of nitrogens with zero attached hydrogens (tertiary/aromatic N) is 1. The molecule has 3 aromatic rings. The number of carboxylic acids is 1. The van der Waals surface area contributed by atoms with E-state index in [1.807, 2.05) is 49.4 Å². The van der Waals surface area contributed by atoms with Gasteiger partial charge in [0.2, 0.25) is 0 Å². The SMILES string of the molecule is CCCOc1ccc(OC)cc1-c1ccc(C(=O)O)c(COc2ccc(CCC)cc2)n1. The van der Waals surface area contributed by atoms with E-state index in [9.17, 15) is 9.90 Å². The highest BCUT2D eigenvalue weighted by atomic mass is 16.5. The molecule has 0 saturated carbocycles. The fraction of sp³-hybridized carbons (Fsp3) is 0.308. The Hall–Kier alpha value is -3.54. The van der Waals surface area contributed by atoms with E-state index in [1.54, 1.807) is 19.2 Å². The average molecular weight is 436 g/mol. The third-order valence-electron chi connectivity index (χ3n) is 4.97. The van der Waals surface area contributed by atoms with Crippen molar-refractivity contribution in [1.29, 1.82) is 0 Å². The first-order valence-electron chi connectivity index (χ1n) is 10.8. The molecular formula is C26H29NO5. The summed E-state index contributed by atoms with van der Waals surface area (Å²) in [7, 11) is 1.59. The van der Waals surface area contributed by atoms with Gasteiger partial charge in [0.15, 0.2) is 0 Å². The van der Waals surface area contributed by atoms with Gasteiger partial charge in [0, 0.05) is 5.56 Å². The number of carboxylic acid groups (broad SMARTS) is 1. The molecule has 0 fully saturated rings. The number of hydrogen-bond donors (Lipinski definition) is 1. The topological polar surface area (TPSA) is 77.9 Å². The van der Waals surface area contributed by atoms with Gasteiger partial charge in [-0.15, -0.1) is 0 Å². The molecule has 0 aliphatic carbocycles. The molecule has 168 valence electrons. The summed E-state index contributed by atoms with van der Waals surface area (Å²) in [5.74, 6) is 0.954. The molecule has 2 aromatic carbocycles. The van der Waals surface area contributed by atoms with Crippen molar-refractivity contribution in [3.63, 3.8) is 0 Å². The van der Waals surface area contributed by atoms with Gasteiger partial charge >= 0.3 is 5.97 Å². The van der Waals surface area contributed by atoms with Crippen molar-refractivity contribution in [3.8, 4) is 28.5 Å². The molecule has 32 heavy (non-hydrogen) atoms. The smallest absolute Gasteiger partial charge is 0.337 e. The first-order chi connectivity index (χ1) is 15.5. The lowest BCUT2D eigenvalue weighted by atomic mass is 10.1. The summed E-state index contributed by atoms with van der Waals surface area (Å²) in [6.07, 6.45) is 2.95. The van der Waals surface area contributed by atoms with Crippen LogP contribution in [0.1, 0.15) is 48.3 Å². The van der Waals surface area contributed by atoms with Gasteiger partial charge < -0.3 is 19.3 Å². The zero-order valence-electron chi connectivity index (χ0n) is 18.8. The van der Waals surface area contributed by atoms with Crippen molar-refractivity contribution in [3.05, 3.63) is 71.4 Å². The molecule has 6 nitrogen and oxygen atoms in total. The van der Waals surface area contributed by atoms with Crippen LogP contribution >= 0.6 is 0 Å². The Labute approximate surface area is 188 Å². The van der Waals surface area contributed by atoms with Gasteiger partial charge in [0.25, 0.3) is 0 Å². The van der Waals surface area contributed by atoms with Gasteiger partial charge in [0.05, 0.1) is 30.7 Å².